The summed E-state index contributed by atoms with van der Waals surface area (Å²) in [6.45, 7) is 6.42. The molecular weight excluding hydrogens is 473 g/mol. The van der Waals surface area contributed by atoms with Gasteiger partial charge in [-0.3, -0.25) is 9.36 Å². The summed E-state index contributed by atoms with van der Waals surface area (Å²) in [6.07, 6.45) is 5.96. The maximum Gasteiger partial charge on any atom is 1.00 e. The number of carboxylic acids is 1. The van der Waals surface area contributed by atoms with E-state index >= 15 is 0 Å². The van der Waals surface area contributed by atoms with E-state index in [1.807, 2.05) is 14.0 Å². The molecule has 0 heterocycles. The van der Waals surface area contributed by atoms with Crippen molar-refractivity contribution in [2.45, 2.75) is 70.3 Å². The molecule has 0 saturated heterocycles. The molecule has 0 bridgehead atoms. The molecule has 0 aromatic carbocycles. The van der Waals surface area contributed by atoms with Crippen molar-refractivity contribution in [1.29, 1.82) is 0 Å². The Morgan fingerprint density at radius 1 is 0.875 bits per heavy atom. The fourth-order valence-corrected chi connectivity index (χ4v) is 4.66. The third-order valence-electron chi connectivity index (χ3n) is 4.74. The Bertz CT molecular complexity index is 565. The van der Waals surface area contributed by atoms with Crippen LogP contribution in [0.15, 0.2) is 0 Å². The summed E-state index contributed by atoms with van der Waals surface area (Å²) < 4.78 is 22.1. The van der Waals surface area contributed by atoms with Crippen molar-refractivity contribution in [3.8, 4) is 0 Å². The first-order valence-corrected chi connectivity index (χ1v) is 13.7. The van der Waals surface area contributed by atoms with Crippen molar-refractivity contribution in [3.05, 3.63) is 0 Å². The molecule has 14 heteroatoms. The van der Waals surface area contributed by atoms with Crippen LogP contribution in [0.3, 0.4) is 0 Å². The van der Waals surface area contributed by atoms with Gasteiger partial charge in [-0.2, -0.15) is 0 Å². The number of unbranched alkanes of at least 4 members (excludes halogenated alkanes) is 4. The molecule has 188 valence electrons. The standard InChI is InChI=1S/C9H23NO7P2.C9H19NO2.Na/c1-3-4-5-7-10(2)8-6-9(11,18(12,13)14)19(15,16)17;1-3-4-5-7-10(2)8-6-9(11)12;/h11H,3-8H2,1-2H3,(H2,12,13,14)(H2,15,16,17);3-8H2,1-2H3,(H,11,12);/q;;+1/p-1. The number of aliphatic hydroxyl groups is 1. The molecule has 0 aromatic heterocycles. The Balaban J connectivity index is -0.000000561. The maximum absolute atomic E-state index is 11.1. The number of aliphatic carboxylic acids is 1. The zero-order valence-corrected chi connectivity index (χ0v) is 23.9. The first-order chi connectivity index (χ1) is 14.1. The molecule has 0 radical (unpaired) electrons. The summed E-state index contributed by atoms with van der Waals surface area (Å²) in [5, 5.41) is 14.6. The molecule has 0 fully saturated rings. The average molecular weight is 514 g/mol. The molecule has 0 saturated carbocycles. The van der Waals surface area contributed by atoms with E-state index in [-0.39, 0.29) is 42.5 Å². The van der Waals surface area contributed by atoms with Gasteiger partial charge in [-0.1, -0.05) is 39.5 Å². The quantitative estimate of drug-likeness (QED) is 0.0914. The van der Waals surface area contributed by atoms with Gasteiger partial charge in [-0.15, -0.1) is 0 Å². The molecule has 0 rings (SSSR count). The first kappa shape index (κ1) is 37.2. The average Bonchev–Trinajstić information content (AvgIpc) is 2.63. The van der Waals surface area contributed by atoms with E-state index in [4.69, 9.17) is 19.8 Å². The van der Waals surface area contributed by atoms with Crippen LogP contribution >= 0.6 is 15.2 Å². The fraction of sp³-hybridized carbons (Fsp3) is 0.944. The predicted octanol–water partition coefficient (Wildman–Crippen LogP) is -1.54. The maximum atomic E-state index is 11.1. The SMILES string of the molecule is CCCCCN(C)CCC(=O)O.CCCCCN(C)CCC(O)(P(=O)([O-])O)P(=O)(O)O.[Na+]. The molecule has 5 N–H and O–H groups in total. The predicted molar refractivity (Wildman–Crippen MR) is 118 cm³/mol. The second-order valence-corrected chi connectivity index (χ2v) is 11.7. The zero-order valence-electron chi connectivity index (χ0n) is 20.1. The minimum Gasteiger partial charge on any atom is -0.776 e. The number of rotatable bonds is 16. The van der Waals surface area contributed by atoms with Gasteiger partial charge in [0.2, 0.25) is 5.08 Å². The summed E-state index contributed by atoms with van der Waals surface area (Å²) >= 11 is 0. The van der Waals surface area contributed by atoms with Crippen molar-refractivity contribution >= 4 is 21.2 Å². The van der Waals surface area contributed by atoms with Gasteiger partial charge >= 0.3 is 43.1 Å². The molecule has 32 heavy (non-hydrogen) atoms. The van der Waals surface area contributed by atoms with E-state index in [0.29, 0.717) is 13.1 Å². The van der Waals surface area contributed by atoms with Gasteiger partial charge in [0, 0.05) is 19.5 Å². The minimum atomic E-state index is -5.58. The molecule has 2 unspecified atom stereocenters. The second kappa shape index (κ2) is 18.9. The van der Waals surface area contributed by atoms with Gasteiger partial charge < -0.3 is 44.2 Å². The number of nitrogens with zero attached hydrogens (tertiary/aromatic N) is 2. The van der Waals surface area contributed by atoms with Crippen LogP contribution < -0.4 is 34.5 Å². The second-order valence-electron chi connectivity index (χ2n) is 7.75. The van der Waals surface area contributed by atoms with Crippen LogP contribution in [0.2, 0.25) is 0 Å². The molecule has 0 aliphatic heterocycles. The molecule has 0 spiro atoms. The Morgan fingerprint density at radius 2 is 1.28 bits per heavy atom. The van der Waals surface area contributed by atoms with Gasteiger partial charge in [0.15, 0.2) is 7.60 Å². The van der Waals surface area contributed by atoms with E-state index in [1.165, 1.54) is 19.3 Å². The minimum absolute atomic E-state index is 0. The molecule has 11 nitrogen and oxygen atoms in total. The fourth-order valence-electron chi connectivity index (χ4n) is 2.57. The Hall–Kier alpha value is 0.650. The van der Waals surface area contributed by atoms with Crippen LogP contribution in [0.5, 0.6) is 0 Å². The Labute approximate surface area is 214 Å². The van der Waals surface area contributed by atoms with E-state index in [0.717, 1.165) is 25.8 Å². The summed E-state index contributed by atoms with van der Waals surface area (Å²) in [7, 11) is -7.36. The smallest absolute Gasteiger partial charge is 0.776 e. The molecule has 0 aliphatic carbocycles. The van der Waals surface area contributed by atoms with E-state index in [9.17, 15) is 23.9 Å². The van der Waals surface area contributed by atoms with Crippen LogP contribution in [0.1, 0.15) is 65.2 Å². The number of carboxylic acid groups (broad SMARTS) is 1. The zero-order chi connectivity index (χ0) is 24.7. The molecule has 0 aliphatic rings. The Morgan fingerprint density at radius 3 is 1.59 bits per heavy atom. The van der Waals surface area contributed by atoms with E-state index < -0.39 is 32.7 Å². The normalized spacial score (nSPS) is 15.3. The topological polar surface area (TPSA) is 182 Å². The van der Waals surface area contributed by atoms with Crippen LogP contribution in [-0.4, -0.2) is 86.0 Å². The molecule has 0 amide bonds. The van der Waals surface area contributed by atoms with Crippen LogP contribution in [0.4, 0.5) is 0 Å². The van der Waals surface area contributed by atoms with Crippen molar-refractivity contribution in [1.82, 2.24) is 9.80 Å². The third-order valence-corrected chi connectivity index (χ3v) is 8.57. The van der Waals surface area contributed by atoms with Crippen molar-refractivity contribution in [3.63, 3.8) is 0 Å². The van der Waals surface area contributed by atoms with Crippen LogP contribution in [0.25, 0.3) is 0 Å². The number of hydrogen-bond acceptors (Lipinski definition) is 7. The van der Waals surface area contributed by atoms with Crippen molar-refractivity contribution in [2.75, 3.05) is 40.3 Å². The van der Waals surface area contributed by atoms with Gasteiger partial charge in [0.05, 0.1) is 6.42 Å². The van der Waals surface area contributed by atoms with Crippen molar-refractivity contribution in [2.24, 2.45) is 0 Å². The molecule has 0 aromatic rings. The van der Waals surface area contributed by atoms with Crippen LogP contribution in [-0.2, 0) is 13.9 Å². The largest absolute Gasteiger partial charge is 1.00 e. The number of carbonyl (C=O) groups is 1. The van der Waals surface area contributed by atoms with Gasteiger partial charge in [0.25, 0.3) is 0 Å². The van der Waals surface area contributed by atoms with Crippen molar-refractivity contribution < 1.29 is 73.3 Å². The van der Waals surface area contributed by atoms with Gasteiger partial charge in [-0.25, -0.2) is 0 Å². The molecular formula is C18H41N2NaO9P2. The monoisotopic (exact) mass is 514 g/mol. The summed E-state index contributed by atoms with van der Waals surface area (Å²) in [4.78, 5) is 51.6. The number of hydrogen-bond donors (Lipinski definition) is 5. The Kier molecular flexibility index (Phi) is 22.0. The van der Waals surface area contributed by atoms with E-state index in [1.54, 1.807) is 11.9 Å². The summed E-state index contributed by atoms with van der Waals surface area (Å²) in [5.41, 5.74) is 0. The van der Waals surface area contributed by atoms with E-state index in [2.05, 4.69) is 11.8 Å². The molecule has 2 atom stereocenters. The summed E-state index contributed by atoms with van der Waals surface area (Å²) in [6, 6.07) is 0. The third kappa shape index (κ3) is 17.1. The van der Waals surface area contributed by atoms with Gasteiger partial charge in [0.1, 0.15) is 0 Å². The van der Waals surface area contributed by atoms with Gasteiger partial charge in [-0.05, 0) is 40.0 Å². The summed E-state index contributed by atoms with van der Waals surface area (Å²) in [5.74, 6) is -0.711. The first-order valence-electron chi connectivity index (χ1n) is 10.5. The van der Waals surface area contributed by atoms with Crippen LogP contribution in [0, 0.1) is 0 Å².